The lowest BCUT2D eigenvalue weighted by molar-refractivity contribution is 0.627. The van der Waals surface area contributed by atoms with Gasteiger partial charge in [0.25, 0.3) is 0 Å². The van der Waals surface area contributed by atoms with Crippen LogP contribution in [0.15, 0.2) is 54.6 Å². The van der Waals surface area contributed by atoms with E-state index in [4.69, 9.17) is 10.5 Å². The molecule has 0 spiro atoms. The molecule has 0 aliphatic rings. The smallest absolute Gasteiger partial charge is 0.163 e. The van der Waals surface area contributed by atoms with Gasteiger partial charge in [-0.05, 0) is 36.4 Å². The van der Waals surface area contributed by atoms with Crippen molar-refractivity contribution in [2.75, 3.05) is 0 Å². The maximum absolute atomic E-state index is 13.1. The average Bonchev–Trinajstić information content (AvgIpc) is 3.00. The Morgan fingerprint density at radius 3 is 2.18 bits per heavy atom. The van der Waals surface area contributed by atoms with Gasteiger partial charge in [0.2, 0.25) is 0 Å². The molecule has 104 valence electrons. The van der Waals surface area contributed by atoms with Gasteiger partial charge in [0.05, 0.1) is 23.0 Å². The molecule has 3 rings (SSSR count). The lowest BCUT2D eigenvalue weighted by atomic mass is 10.1. The molecule has 3 aromatic rings. The number of nitriles is 2. The summed E-state index contributed by atoms with van der Waals surface area (Å²) in [6.07, 6.45) is 0. The molecule has 4 nitrogen and oxygen atoms in total. The second-order valence-electron chi connectivity index (χ2n) is 4.60. The molecular weight excluding hydrogens is 279 g/mol. The SMILES string of the molecule is N#Cc1ccc(-c2cc(C#N)nn2-c2ccc(F)cc2)cc1. The van der Waals surface area contributed by atoms with E-state index in [0.29, 0.717) is 16.9 Å². The van der Waals surface area contributed by atoms with Crippen LogP contribution in [0.1, 0.15) is 11.3 Å². The van der Waals surface area contributed by atoms with Crippen LogP contribution in [0.5, 0.6) is 0 Å². The summed E-state index contributed by atoms with van der Waals surface area (Å²) in [6.45, 7) is 0. The van der Waals surface area contributed by atoms with E-state index in [2.05, 4.69) is 11.2 Å². The zero-order valence-electron chi connectivity index (χ0n) is 11.4. The molecule has 0 aliphatic carbocycles. The van der Waals surface area contributed by atoms with Gasteiger partial charge < -0.3 is 0 Å². The zero-order chi connectivity index (χ0) is 15.5. The maximum atomic E-state index is 13.1. The molecule has 0 amide bonds. The van der Waals surface area contributed by atoms with Crippen LogP contribution in [0.3, 0.4) is 0 Å². The minimum absolute atomic E-state index is 0.267. The van der Waals surface area contributed by atoms with Crippen LogP contribution < -0.4 is 0 Å². The van der Waals surface area contributed by atoms with Crippen molar-refractivity contribution in [3.63, 3.8) is 0 Å². The molecule has 0 aliphatic heterocycles. The molecule has 5 heteroatoms. The van der Waals surface area contributed by atoms with Crippen molar-refractivity contribution in [1.29, 1.82) is 10.5 Å². The van der Waals surface area contributed by atoms with Crippen LogP contribution in [0.4, 0.5) is 4.39 Å². The van der Waals surface area contributed by atoms with E-state index < -0.39 is 0 Å². The molecule has 0 unspecified atom stereocenters. The summed E-state index contributed by atoms with van der Waals surface area (Å²) in [5.41, 5.74) is 2.99. The first-order valence-corrected chi connectivity index (χ1v) is 6.48. The predicted octanol–water partition coefficient (Wildman–Crippen LogP) is 3.42. The van der Waals surface area contributed by atoms with E-state index in [1.165, 1.54) is 12.1 Å². The quantitative estimate of drug-likeness (QED) is 0.725. The first-order chi connectivity index (χ1) is 10.7. The first-order valence-electron chi connectivity index (χ1n) is 6.48. The van der Waals surface area contributed by atoms with Gasteiger partial charge in [-0.2, -0.15) is 15.6 Å². The van der Waals surface area contributed by atoms with Gasteiger partial charge in [0.1, 0.15) is 11.9 Å². The lowest BCUT2D eigenvalue weighted by Crippen LogP contribution is -1.99. The molecule has 1 heterocycles. The van der Waals surface area contributed by atoms with E-state index >= 15 is 0 Å². The topological polar surface area (TPSA) is 65.4 Å². The monoisotopic (exact) mass is 288 g/mol. The summed E-state index contributed by atoms with van der Waals surface area (Å²) < 4.78 is 14.7. The van der Waals surface area contributed by atoms with E-state index in [1.807, 2.05) is 6.07 Å². The average molecular weight is 288 g/mol. The van der Waals surface area contributed by atoms with Gasteiger partial charge in [0, 0.05) is 11.6 Å². The Labute approximate surface area is 126 Å². The standard InChI is InChI=1S/C17H9FN4/c18-14-5-7-16(8-6-14)22-17(9-15(11-20)21-22)13-3-1-12(10-19)2-4-13/h1-9H. The molecule has 0 radical (unpaired) electrons. The van der Waals surface area contributed by atoms with Crippen molar-refractivity contribution in [1.82, 2.24) is 9.78 Å². The number of aromatic nitrogens is 2. The Morgan fingerprint density at radius 1 is 0.909 bits per heavy atom. The van der Waals surface area contributed by atoms with Crippen LogP contribution in [0, 0.1) is 28.5 Å². The van der Waals surface area contributed by atoms with Crippen LogP contribution in [-0.4, -0.2) is 9.78 Å². The van der Waals surface area contributed by atoms with Gasteiger partial charge in [-0.15, -0.1) is 0 Å². The highest BCUT2D eigenvalue weighted by Crippen LogP contribution is 2.24. The Hall–Kier alpha value is -3.44. The van der Waals surface area contributed by atoms with Gasteiger partial charge in [-0.3, -0.25) is 0 Å². The highest BCUT2D eigenvalue weighted by atomic mass is 19.1. The fourth-order valence-electron chi connectivity index (χ4n) is 2.14. The molecule has 2 aromatic carbocycles. The number of rotatable bonds is 2. The Balaban J connectivity index is 2.14. The van der Waals surface area contributed by atoms with Gasteiger partial charge >= 0.3 is 0 Å². The molecule has 0 N–H and O–H groups in total. The summed E-state index contributed by atoms with van der Waals surface area (Å²) in [6, 6.07) is 18.6. The Kier molecular flexibility index (Phi) is 3.39. The van der Waals surface area contributed by atoms with Crippen LogP contribution in [-0.2, 0) is 0 Å². The Morgan fingerprint density at radius 2 is 1.59 bits per heavy atom. The van der Waals surface area contributed by atoms with Crippen molar-refractivity contribution >= 4 is 0 Å². The number of hydrogen-bond donors (Lipinski definition) is 0. The van der Waals surface area contributed by atoms with Crippen molar-refractivity contribution < 1.29 is 4.39 Å². The Bertz CT molecular complexity index is 894. The molecular formula is C17H9FN4. The molecule has 22 heavy (non-hydrogen) atoms. The van der Waals surface area contributed by atoms with Gasteiger partial charge in [-0.25, -0.2) is 9.07 Å². The third-order valence-corrected chi connectivity index (χ3v) is 3.20. The van der Waals surface area contributed by atoms with E-state index in [9.17, 15) is 4.39 Å². The number of nitrogens with zero attached hydrogens (tertiary/aromatic N) is 4. The normalized spacial score (nSPS) is 9.95. The van der Waals surface area contributed by atoms with E-state index in [1.54, 1.807) is 47.1 Å². The fourth-order valence-corrected chi connectivity index (χ4v) is 2.14. The summed E-state index contributed by atoms with van der Waals surface area (Å²) in [4.78, 5) is 0. The highest BCUT2D eigenvalue weighted by Gasteiger charge is 2.11. The second-order valence-corrected chi connectivity index (χ2v) is 4.60. The minimum atomic E-state index is -0.337. The van der Waals surface area contributed by atoms with E-state index in [-0.39, 0.29) is 11.5 Å². The summed E-state index contributed by atoms with van der Waals surface area (Å²) in [7, 11) is 0. The summed E-state index contributed by atoms with van der Waals surface area (Å²) in [5.74, 6) is -0.337. The van der Waals surface area contributed by atoms with Gasteiger partial charge in [0.15, 0.2) is 5.69 Å². The van der Waals surface area contributed by atoms with Crippen molar-refractivity contribution in [3.05, 3.63) is 71.7 Å². The first kappa shape index (κ1) is 13.5. The molecule has 0 bridgehead atoms. The highest BCUT2D eigenvalue weighted by molar-refractivity contribution is 5.64. The largest absolute Gasteiger partial charge is 0.232 e. The van der Waals surface area contributed by atoms with Crippen LogP contribution in [0.2, 0.25) is 0 Å². The van der Waals surface area contributed by atoms with Gasteiger partial charge in [-0.1, -0.05) is 12.1 Å². The molecule has 1 aromatic heterocycles. The molecule has 0 saturated heterocycles. The second kappa shape index (κ2) is 5.51. The van der Waals surface area contributed by atoms with Crippen molar-refractivity contribution in [3.8, 4) is 29.1 Å². The number of benzene rings is 2. The minimum Gasteiger partial charge on any atom is -0.232 e. The summed E-state index contributed by atoms with van der Waals surface area (Å²) >= 11 is 0. The molecule has 0 atom stereocenters. The van der Waals surface area contributed by atoms with E-state index in [0.717, 1.165) is 5.56 Å². The molecule has 0 saturated carbocycles. The van der Waals surface area contributed by atoms with Crippen molar-refractivity contribution in [2.24, 2.45) is 0 Å². The van der Waals surface area contributed by atoms with Crippen LogP contribution >= 0.6 is 0 Å². The third-order valence-electron chi connectivity index (χ3n) is 3.20. The van der Waals surface area contributed by atoms with Crippen LogP contribution in [0.25, 0.3) is 16.9 Å². The summed E-state index contributed by atoms with van der Waals surface area (Å²) in [5, 5.41) is 22.1. The molecule has 0 fully saturated rings. The number of halogens is 1. The predicted molar refractivity (Wildman–Crippen MR) is 78.4 cm³/mol. The number of hydrogen-bond acceptors (Lipinski definition) is 3. The zero-order valence-corrected chi connectivity index (χ0v) is 11.4. The lowest BCUT2D eigenvalue weighted by Gasteiger charge is -2.07. The maximum Gasteiger partial charge on any atom is 0.163 e. The third kappa shape index (κ3) is 2.44. The van der Waals surface area contributed by atoms with Crippen molar-refractivity contribution in [2.45, 2.75) is 0 Å². The fraction of sp³-hybridized carbons (Fsp3) is 0.